The van der Waals surface area contributed by atoms with Gasteiger partial charge in [-0.3, -0.25) is 4.68 Å². The molecule has 5 heteroatoms. The van der Waals surface area contributed by atoms with Crippen molar-refractivity contribution in [2.45, 2.75) is 26.9 Å². The number of anilines is 1. The maximum absolute atomic E-state index is 9.12. The molecule has 0 amide bonds. The minimum atomic E-state index is 0.633. The number of nitrogens with zero attached hydrogens (tertiary/aromatic N) is 3. The molecule has 4 nitrogen and oxygen atoms in total. The fourth-order valence-electron chi connectivity index (χ4n) is 1.96. The first-order chi connectivity index (χ1) is 9.13. The maximum atomic E-state index is 9.12. The Hall–Kier alpha value is -1.80. The second kappa shape index (κ2) is 5.89. The van der Waals surface area contributed by atoms with Gasteiger partial charge in [0.2, 0.25) is 0 Å². The lowest BCUT2D eigenvalue weighted by atomic mass is 10.2. The van der Waals surface area contributed by atoms with E-state index in [4.69, 9.17) is 5.26 Å². The molecule has 98 valence electrons. The summed E-state index contributed by atoms with van der Waals surface area (Å²) in [5, 5.41) is 16.8. The summed E-state index contributed by atoms with van der Waals surface area (Å²) < 4.78 is 2.87. The molecule has 0 unspecified atom stereocenters. The molecule has 2 rings (SSSR count). The van der Waals surface area contributed by atoms with Crippen LogP contribution in [-0.2, 0) is 13.1 Å². The van der Waals surface area contributed by atoms with Crippen LogP contribution in [0.2, 0.25) is 0 Å². The largest absolute Gasteiger partial charge is 0.378 e. The quantitative estimate of drug-likeness (QED) is 0.939. The van der Waals surface area contributed by atoms with Gasteiger partial charge in [0.05, 0.1) is 29.2 Å². The number of aromatic nitrogens is 2. The summed E-state index contributed by atoms with van der Waals surface area (Å²) >= 11 is 3.37. The van der Waals surface area contributed by atoms with E-state index in [1.807, 2.05) is 29.8 Å². The van der Waals surface area contributed by atoms with E-state index in [0.717, 1.165) is 28.1 Å². The third-order valence-electron chi connectivity index (χ3n) is 2.85. The van der Waals surface area contributed by atoms with Crippen LogP contribution in [0.1, 0.15) is 23.9 Å². The highest BCUT2D eigenvalue weighted by Crippen LogP contribution is 2.21. The van der Waals surface area contributed by atoms with Gasteiger partial charge in [0.15, 0.2) is 0 Å². The molecule has 0 atom stereocenters. The van der Waals surface area contributed by atoms with Crippen LogP contribution in [0.5, 0.6) is 0 Å². The predicted octanol–water partition coefficient (Wildman–Crippen LogP) is 3.46. The summed E-state index contributed by atoms with van der Waals surface area (Å²) in [6, 6.07) is 9.89. The van der Waals surface area contributed by atoms with Crippen molar-refractivity contribution >= 4 is 21.6 Å². The molecule has 19 heavy (non-hydrogen) atoms. The maximum Gasteiger partial charge on any atom is 0.101 e. The highest BCUT2D eigenvalue weighted by Gasteiger charge is 2.06. The summed E-state index contributed by atoms with van der Waals surface area (Å²) in [6.07, 6.45) is 0. The van der Waals surface area contributed by atoms with E-state index in [1.165, 1.54) is 0 Å². The standard InChI is InChI=1S/C14H15BrN4/c1-3-19-13(6-10(2)18-19)9-17-14-5-4-12(15)7-11(14)8-16/h4-7,17H,3,9H2,1-2H3. The summed E-state index contributed by atoms with van der Waals surface area (Å²) in [5.74, 6) is 0. The van der Waals surface area contributed by atoms with E-state index in [-0.39, 0.29) is 0 Å². The second-order valence-electron chi connectivity index (χ2n) is 4.25. The fourth-order valence-corrected chi connectivity index (χ4v) is 2.33. The Bertz CT molecular complexity index is 625. The highest BCUT2D eigenvalue weighted by molar-refractivity contribution is 9.10. The van der Waals surface area contributed by atoms with Crippen LogP contribution < -0.4 is 5.32 Å². The number of halogens is 1. The number of nitriles is 1. The molecule has 0 saturated heterocycles. The molecule has 0 aliphatic heterocycles. The van der Waals surface area contributed by atoms with Gasteiger partial charge in [0.1, 0.15) is 6.07 Å². The van der Waals surface area contributed by atoms with E-state index >= 15 is 0 Å². The second-order valence-corrected chi connectivity index (χ2v) is 5.16. The number of nitrogens with one attached hydrogen (secondary N) is 1. The van der Waals surface area contributed by atoms with Gasteiger partial charge in [0, 0.05) is 11.0 Å². The Morgan fingerprint density at radius 2 is 2.21 bits per heavy atom. The average Bonchev–Trinajstić information content (AvgIpc) is 2.77. The summed E-state index contributed by atoms with van der Waals surface area (Å²) in [7, 11) is 0. The zero-order chi connectivity index (χ0) is 13.8. The molecule has 0 radical (unpaired) electrons. The van der Waals surface area contributed by atoms with Gasteiger partial charge in [-0.15, -0.1) is 0 Å². The van der Waals surface area contributed by atoms with Crippen molar-refractivity contribution in [2.75, 3.05) is 5.32 Å². The molecule has 1 aromatic heterocycles. The zero-order valence-corrected chi connectivity index (χ0v) is 12.5. The average molecular weight is 319 g/mol. The number of hydrogen-bond acceptors (Lipinski definition) is 3. The van der Waals surface area contributed by atoms with Crippen molar-refractivity contribution in [1.82, 2.24) is 9.78 Å². The van der Waals surface area contributed by atoms with E-state index in [9.17, 15) is 0 Å². The summed E-state index contributed by atoms with van der Waals surface area (Å²) in [4.78, 5) is 0. The molecule has 0 bridgehead atoms. The van der Waals surface area contributed by atoms with Gasteiger partial charge in [-0.2, -0.15) is 10.4 Å². The van der Waals surface area contributed by atoms with E-state index in [2.05, 4.69) is 45.4 Å². The van der Waals surface area contributed by atoms with Gasteiger partial charge in [-0.05, 0) is 38.1 Å². The third kappa shape index (κ3) is 3.15. The van der Waals surface area contributed by atoms with Gasteiger partial charge in [-0.1, -0.05) is 15.9 Å². The fraction of sp³-hybridized carbons (Fsp3) is 0.286. The van der Waals surface area contributed by atoms with Crippen molar-refractivity contribution in [3.8, 4) is 6.07 Å². The number of hydrogen-bond donors (Lipinski definition) is 1. The van der Waals surface area contributed by atoms with E-state index < -0.39 is 0 Å². The number of rotatable bonds is 4. The van der Waals surface area contributed by atoms with Crippen LogP contribution in [0.15, 0.2) is 28.7 Å². The topological polar surface area (TPSA) is 53.6 Å². The molecule has 0 aliphatic carbocycles. The smallest absolute Gasteiger partial charge is 0.101 e. The Morgan fingerprint density at radius 1 is 1.42 bits per heavy atom. The highest BCUT2D eigenvalue weighted by atomic mass is 79.9. The Labute approximate surface area is 121 Å². The van der Waals surface area contributed by atoms with E-state index in [0.29, 0.717) is 12.1 Å². The summed E-state index contributed by atoms with van der Waals surface area (Å²) in [6.45, 7) is 5.55. The number of benzene rings is 1. The monoisotopic (exact) mass is 318 g/mol. The normalized spacial score (nSPS) is 10.2. The van der Waals surface area contributed by atoms with Crippen molar-refractivity contribution in [2.24, 2.45) is 0 Å². The van der Waals surface area contributed by atoms with Gasteiger partial charge >= 0.3 is 0 Å². The van der Waals surface area contributed by atoms with Gasteiger partial charge in [0.25, 0.3) is 0 Å². The lowest BCUT2D eigenvalue weighted by molar-refractivity contribution is 0.623. The van der Waals surface area contributed by atoms with Crippen LogP contribution in [0.4, 0.5) is 5.69 Å². The Morgan fingerprint density at radius 3 is 2.89 bits per heavy atom. The zero-order valence-electron chi connectivity index (χ0n) is 10.9. The third-order valence-corrected chi connectivity index (χ3v) is 3.34. The van der Waals surface area contributed by atoms with Crippen molar-refractivity contribution < 1.29 is 0 Å². The Kier molecular flexibility index (Phi) is 4.23. The van der Waals surface area contributed by atoms with Crippen LogP contribution in [-0.4, -0.2) is 9.78 Å². The first-order valence-corrected chi connectivity index (χ1v) is 6.90. The van der Waals surface area contributed by atoms with Crippen molar-refractivity contribution in [1.29, 1.82) is 5.26 Å². The van der Waals surface area contributed by atoms with Gasteiger partial charge in [-0.25, -0.2) is 0 Å². The molecule has 0 spiro atoms. The molecule has 1 N–H and O–H groups in total. The molecule has 0 saturated carbocycles. The minimum absolute atomic E-state index is 0.633. The lowest BCUT2D eigenvalue weighted by Gasteiger charge is -2.09. The first-order valence-electron chi connectivity index (χ1n) is 6.11. The van der Waals surface area contributed by atoms with Crippen LogP contribution in [0.25, 0.3) is 0 Å². The van der Waals surface area contributed by atoms with Crippen molar-refractivity contribution in [3.05, 3.63) is 45.7 Å². The van der Waals surface area contributed by atoms with Gasteiger partial charge < -0.3 is 5.32 Å². The van der Waals surface area contributed by atoms with Crippen molar-refractivity contribution in [3.63, 3.8) is 0 Å². The number of aryl methyl sites for hydroxylation is 2. The van der Waals surface area contributed by atoms with Crippen LogP contribution in [0.3, 0.4) is 0 Å². The molecule has 0 aliphatic rings. The van der Waals surface area contributed by atoms with E-state index in [1.54, 1.807) is 0 Å². The molecular weight excluding hydrogens is 304 g/mol. The molecule has 1 aromatic carbocycles. The van der Waals surface area contributed by atoms with Crippen LogP contribution >= 0.6 is 15.9 Å². The summed E-state index contributed by atoms with van der Waals surface area (Å²) in [5.41, 5.74) is 3.60. The lowest BCUT2D eigenvalue weighted by Crippen LogP contribution is -2.08. The molecule has 1 heterocycles. The first kappa shape index (κ1) is 13.6. The van der Waals surface area contributed by atoms with Crippen LogP contribution in [0, 0.1) is 18.3 Å². The SMILES string of the molecule is CCn1nc(C)cc1CNc1ccc(Br)cc1C#N. The Balaban J connectivity index is 2.17. The predicted molar refractivity (Wildman–Crippen MR) is 78.8 cm³/mol. The molecule has 2 aromatic rings. The minimum Gasteiger partial charge on any atom is -0.378 e. The molecule has 0 fully saturated rings. The molecular formula is C14H15BrN4.